The number of fused-ring (bicyclic) bond motifs is 1. The van der Waals surface area contributed by atoms with Gasteiger partial charge in [-0.05, 0) is 43.0 Å². The average Bonchev–Trinajstić information content (AvgIpc) is 2.89. The minimum Gasteiger partial charge on any atom is -0.493 e. The molecular weight excluding hydrogens is 293 g/mol. The van der Waals surface area contributed by atoms with E-state index < -0.39 is 0 Å². The molecule has 20 heavy (non-hydrogen) atoms. The smallest absolute Gasteiger partial charge is 0.127 e. The summed E-state index contributed by atoms with van der Waals surface area (Å²) in [6, 6.07) is 4.03. The molecule has 1 aliphatic carbocycles. The Morgan fingerprint density at radius 3 is 2.95 bits per heavy atom. The van der Waals surface area contributed by atoms with Gasteiger partial charge in [0.2, 0.25) is 0 Å². The Bertz CT molecular complexity index is 478. The van der Waals surface area contributed by atoms with Crippen LogP contribution in [-0.2, 0) is 13.0 Å². The van der Waals surface area contributed by atoms with E-state index in [4.69, 9.17) is 27.9 Å². The van der Waals surface area contributed by atoms with Crippen LogP contribution in [0.5, 0.6) is 5.75 Å². The van der Waals surface area contributed by atoms with Crippen molar-refractivity contribution in [1.29, 1.82) is 0 Å². The van der Waals surface area contributed by atoms with E-state index in [0.717, 1.165) is 43.3 Å². The van der Waals surface area contributed by atoms with Gasteiger partial charge in [0, 0.05) is 28.9 Å². The van der Waals surface area contributed by atoms with Crippen LogP contribution in [0.4, 0.5) is 0 Å². The molecule has 1 fully saturated rings. The van der Waals surface area contributed by atoms with Crippen molar-refractivity contribution in [3.63, 3.8) is 0 Å². The van der Waals surface area contributed by atoms with Crippen LogP contribution < -0.4 is 10.1 Å². The quantitative estimate of drug-likeness (QED) is 0.843. The van der Waals surface area contributed by atoms with E-state index in [-0.39, 0.29) is 0 Å². The maximum Gasteiger partial charge on any atom is 0.127 e. The number of nitrogens with one attached hydrogen (secondary N) is 1. The molecule has 2 aliphatic rings. The Kier molecular flexibility index (Phi) is 4.75. The molecule has 1 N–H and O–H groups in total. The lowest BCUT2D eigenvalue weighted by Crippen LogP contribution is -2.30. The number of alkyl halides is 1. The van der Waals surface area contributed by atoms with Crippen LogP contribution in [0.1, 0.15) is 36.8 Å². The molecule has 1 saturated carbocycles. The van der Waals surface area contributed by atoms with Crippen LogP contribution in [0, 0.1) is 5.92 Å². The van der Waals surface area contributed by atoms with E-state index in [2.05, 4.69) is 5.32 Å². The fourth-order valence-electron chi connectivity index (χ4n) is 3.26. The first-order valence-electron chi connectivity index (χ1n) is 7.53. The van der Waals surface area contributed by atoms with E-state index in [0.29, 0.717) is 11.3 Å². The molecule has 0 saturated heterocycles. The maximum absolute atomic E-state index is 6.40. The summed E-state index contributed by atoms with van der Waals surface area (Å²) in [7, 11) is 0. The van der Waals surface area contributed by atoms with Crippen molar-refractivity contribution in [3.8, 4) is 5.75 Å². The van der Waals surface area contributed by atoms with Gasteiger partial charge in [-0.3, -0.25) is 0 Å². The highest BCUT2D eigenvalue weighted by molar-refractivity contribution is 6.30. The van der Waals surface area contributed by atoms with Gasteiger partial charge in [0.1, 0.15) is 5.75 Å². The molecule has 2 nitrogen and oxygen atoms in total. The molecule has 0 radical (unpaired) electrons. The van der Waals surface area contributed by atoms with E-state index in [1.54, 1.807) is 0 Å². The largest absolute Gasteiger partial charge is 0.493 e. The standard InChI is InChI=1S/C16H21Cl2NO/c17-14-7-11-5-6-20-16(11)13(8-14)10-19-9-12-3-1-2-4-15(12)18/h7-8,12,15,19H,1-6,9-10H2. The van der Waals surface area contributed by atoms with Crippen LogP contribution in [0.3, 0.4) is 0 Å². The van der Waals surface area contributed by atoms with Gasteiger partial charge in [-0.1, -0.05) is 24.4 Å². The highest BCUT2D eigenvalue weighted by Gasteiger charge is 2.23. The average molecular weight is 314 g/mol. The third-order valence-corrected chi connectivity index (χ3v) is 5.16. The van der Waals surface area contributed by atoms with Crippen molar-refractivity contribution in [3.05, 3.63) is 28.3 Å². The van der Waals surface area contributed by atoms with Gasteiger partial charge in [0.15, 0.2) is 0 Å². The summed E-state index contributed by atoms with van der Waals surface area (Å²) in [5.41, 5.74) is 2.41. The monoisotopic (exact) mass is 313 g/mol. The predicted molar refractivity (Wildman–Crippen MR) is 84.0 cm³/mol. The number of ether oxygens (including phenoxy) is 1. The molecule has 1 aromatic carbocycles. The van der Waals surface area contributed by atoms with E-state index in [1.807, 2.05) is 12.1 Å². The summed E-state index contributed by atoms with van der Waals surface area (Å²) in [6.45, 7) is 2.56. The van der Waals surface area contributed by atoms with Gasteiger partial charge < -0.3 is 10.1 Å². The lowest BCUT2D eigenvalue weighted by atomic mass is 9.88. The van der Waals surface area contributed by atoms with Crippen molar-refractivity contribution < 1.29 is 4.74 Å². The van der Waals surface area contributed by atoms with E-state index >= 15 is 0 Å². The Morgan fingerprint density at radius 2 is 2.10 bits per heavy atom. The van der Waals surface area contributed by atoms with Gasteiger partial charge in [-0.2, -0.15) is 0 Å². The van der Waals surface area contributed by atoms with Gasteiger partial charge >= 0.3 is 0 Å². The molecule has 0 aromatic heterocycles. The van der Waals surface area contributed by atoms with Crippen molar-refractivity contribution in [2.45, 2.75) is 44.0 Å². The van der Waals surface area contributed by atoms with Crippen molar-refractivity contribution in [1.82, 2.24) is 5.32 Å². The molecule has 0 bridgehead atoms. The third kappa shape index (κ3) is 3.24. The second-order valence-electron chi connectivity index (χ2n) is 5.84. The SMILES string of the molecule is Clc1cc2c(c(CNCC3CCCCC3Cl)c1)OCC2. The van der Waals surface area contributed by atoms with Crippen LogP contribution in [0.2, 0.25) is 5.02 Å². The Morgan fingerprint density at radius 1 is 1.25 bits per heavy atom. The molecule has 1 aliphatic heterocycles. The minimum atomic E-state index is 0.331. The summed E-state index contributed by atoms with van der Waals surface area (Å²) in [5.74, 6) is 1.63. The zero-order chi connectivity index (χ0) is 13.9. The Labute approximate surface area is 130 Å². The summed E-state index contributed by atoms with van der Waals surface area (Å²) in [5, 5.41) is 4.67. The summed E-state index contributed by atoms with van der Waals surface area (Å²) in [6.07, 6.45) is 5.95. The van der Waals surface area contributed by atoms with Crippen LogP contribution in [-0.4, -0.2) is 18.5 Å². The van der Waals surface area contributed by atoms with Gasteiger partial charge in [0.05, 0.1) is 6.61 Å². The van der Waals surface area contributed by atoms with Crippen molar-refractivity contribution >= 4 is 23.2 Å². The van der Waals surface area contributed by atoms with Gasteiger partial charge in [0.25, 0.3) is 0 Å². The Hall–Kier alpha value is -0.440. The topological polar surface area (TPSA) is 21.3 Å². The number of benzene rings is 1. The van der Waals surface area contributed by atoms with Crippen molar-refractivity contribution in [2.24, 2.45) is 5.92 Å². The molecule has 1 heterocycles. The number of hydrogen-bond acceptors (Lipinski definition) is 2. The lowest BCUT2D eigenvalue weighted by Gasteiger charge is -2.27. The predicted octanol–water partition coefficient (Wildman–Crippen LogP) is 4.16. The van der Waals surface area contributed by atoms with Crippen LogP contribution in [0.15, 0.2) is 12.1 Å². The third-order valence-electron chi connectivity index (χ3n) is 4.36. The van der Waals surface area contributed by atoms with Crippen molar-refractivity contribution in [2.75, 3.05) is 13.2 Å². The summed E-state index contributed by atoms with van der Waals surface area (Å²) < 4.78 is 5.72. The fourth-order valence-corrected chi connectivity index (χ4v) is 3.89. The summed E-state index contributed by atoms with van der Waals surface area (Å²) in [4.78, 5) is 0. The second-order valence-corrected chi connectivity index (χ2v) is 6.84. The fraction of sp³-hybridized carbons (Fsp3) is 0.625. The first-order valence-corrected chi connectivity index (χ1v) is 8.34. The van der Waals surface area contributed by atoms with Gasteiger partial charge in [-0.25, -0.2) is 0 Å². The molecule has 110 valence electrons. The molecule has 0 spiro atoms. The second kappa shape index (κ2) is 6.55. The maximum atomic E-state index is 6.40. The first-order chi connectivity index (χ1) is 9.74. The highest BCUT2D eigenvalue weighted by Crippen LogP contribution is 2.33. The van der Waals surface area contributed by atoms with Crippen LogP contribution >= 0.6 is 23.2 Å². The number of rotatable bonds is 4. The molecule has 3 rings (SSSR count). The molecule has 2 unspecified atom stereocenters. The number of hydrogen-bond donors (Lipinski definition) is 1. The summed E-state index contributed by atoms with van der Waals surface area (Å²) >= 11 is 12.6. The molecule has 1 aromatic rings. The molecular formula is C16H21Cl2NO. The van der Waals surface area contributed by atoms with E-state index in [1.165, 1.54) is 30.4 Å². The lowest BCUT2D eigenvalue weighted by molar-refractivity contribution is 0.340. The zero-order valence-electron chi connectivity index (χ0n) is 11.6. The van der Waals surface area contributed by atoms with Gasteiger partial charge in [-0.15, -0.1) is 11.6 Å². The molecule has 0 amide bonds. The number of halogens is 2. The zero-order valence-corrected chi connectivity index (χ0v) is 13.1. The molecule has 4 heteroatoms. The highest BCUT2D eigenvalue weighted by atomic mass is 35.5. The van der Waals surface area contributed by atoms with Crippen LogP contribution in [0.25, 0.3) is 0 Å². The minimum absolute atomic E-state index is 0.331. The first kappa shape index (κ1) is 14.5. The Balaban J connectivity index is 1.59. The van der Waals surface area contributed by atoms with E-state index in [9.17, 15) is 0 Å². The normalized spacial score (nSPS) is 25.3. The molecule has 2 atom stereocenters.